The van der Waals surface area contributed by atoms with Crippen LogP contribution in [0.1, 0.15) is 33.4 Å². The summed E-state index contributed by atoms with van der Waals surface area (Å²) in [5.74, 6) is 1.88. The van der Waals surface area contributed by atoms with Crippen LogP contribution in [-0.4, -0.2) is 28.2 Å². The van der Waals surface area contributed by atoms with E-state index in [1.54, 1.807) is 25.0 Å². The van der Waals surface area contributed by atoms with Crippen LogP contribution in [0.2, 0.25) is 0 Å². The quantitative estimate of drug-likeness (QED) is 0.171. The topological polar surface area (TPSA) is 74.8 Å². The first-order chi connectivity index (χ1) is 26.1. The SMILES string of the molecule is C/N=C\c1cc2cc3c(cc2cc1C#N)C1(c2ccccc2Sc2ccc(-c4nc(-c5ccccc5)nc(-c5ccccc5)n4)cc21)c1ccccc1-3. The van der Waals surface area contributed by atoms with Crippen molar-refractivity contribution < 1.29 is 0 Å². The molecule has 1 unspecified atom stereocenters. The first-order valence-corrected chi connectivity index (χ1v) is 18.3. The van der Waals surface area contributed by atoms with E-state index in [-0.39, 0.29) is 0 Å². The smallest absolute Gasteiger partial charge is 0.164 e. The van der Waals surface area contributed by atoms with Crippen LogP contribution < -0.4 is 0 Å². The summed E-state index contributed by atoms with van der Waals surface area (Å²) in [7, 11) is 1.74. The predicted molar refractivity (Wildman–Crippen MR) is 213 cm³/mol. The van der Waals surface area contributed by atoms with Gasteiger partial charge in [0.1, 0.15) is 0 Å². The molecule has 0 saturated carbocycles. The minimum Gasteiger partial charge on any atom is -0.296 e. The number of benzene rings is 7. The standard InChI is InChI=1S/C47H29N5S/c1-49-28-35-23-32-24-37-36-16-8-9-17-38(36)47(40(37)26-33(32)22-34(35)27-48)39-18-10-11-19-42(39)53-43-21-20-31(25-41(43)47)46-51-44(29-12-4-2-5-13-29)50-45(52-46)30-14-6-3-7-15-30/h2-26,28H,1H3/b49-28-. The minimum absolute atomic E-state index is 0.605. The van der Waals surface area contributed by atoms with Crippen molar-refractivity contribution in [2.24, 2.45) is 4.99 Å². The molecule has 0 N–H and O–H groups in total. The molecule has 1 aliphatic carbocycles. The second-order valence-corrected chi connectivity index (χ2v) is 14.4. The molecule has 53 heavy (non-hydrogen) atoms. The van der Waals surface area contributed by atoms with Gasteiger partial charge in [-0.15, -0.1) is 0 Å². The van der Waals surface area contributed by atoms with Gasteiger partial charge in [0.2, 0.25) is 0 Å². The third-order valence-corrected chi connectivity index (χ3v) is 11.6. The molecular formula is C47H29N5S. The van der Waals surface area contributed by atoms with Gasteiger partial charge >= 0.3 is 0 Å². The van der Waals surface area contributed by atoms with Crippen molar-refractivity contribution in [1.82, 2.24) is 15.0 Å². The van der Waals surface area contributed by atoms with E-state index in [2.05, 4.69) is 96.0 Å². The molecule has 0 bridgehead atoms. The Hall–Kier alpha value is -6.68. The molecule has 7 aromatic carbocycles. The van der Waals surface area contributed by atoms with Gasteiger partial charge in [-0.05, 0) is 86.6 Å². The zero-order valence-corrected chi connectivity index (χ0v) is 29.5. The Bertz CT molecular complexity index is 2780. The summed E-state index contributed by atoms with van der Waals surface area (Å²) >= 11 is 1.80. The van der Waals surface area contributed by atoms with E-state index in [0.29, 0.717) is 23.0 Å². The summed E-state index contributed by atoms with van der Waals surface area (Å²) in [6, 6.07) is 55.5. The van der Waals surface area contributed by atoms with Gasteiger partial charge in [-0.1, -0.05) is 121 Å². The summed E-state index contributed by atoms with van der Waals surface area (Å²) in [6.07, 6.45) is 1.76. The molecule has 2 aliphatic rings. The monoisotopic (exact) mass is 695 g/mol. The van der Waals surface area contributed by atoms with E-state index in [9.17, 15) is 5.26 Å². The molecule has 1 aromatic heterocycles. The lowest BCUT2D eigenvalue weighted by Gasteiger charge is -2.40. The van der Waals surface area contributed by atoms with Gasteiger partial charge in [0.15, 0.2) is 17.5 Å². The maximum Gasteiger partial charge on any atom is 0.164 e. The van der Waals surface area contributed by atoms with E-state index < -0.39 is 5.41 Å². The average Bonchev–Trinajstić information content (AvgIpc) is 3.49. The Balaban J connectivity index is 1.27. The van der Waals surface area contributed by atoms with Crippen LogP contribution in [0.25, 0.3) is 56.1 Å². The highest BCUT2D eigenvalue weighted by Gasteiger charge is 2.50. The maximum atomic E-state index is 10.1. The molecule has 0 radical (unpaired) electrons. The summed E-state index contributed by atoms with van der Waals surface area (Å²) in [6.45, 7) is 0. The van der Waals surface area contributed by atoms with E-state index in [4.69, 9.17) is 15.0 Å². The van der Waals surface area contributed by atoms with Crippen LogP contribution in [0.15, 0.2) is 166 Å². The number of nitriles is 1. The normalized spacial score (nSPS) is 15.2. The Morgan fingerprint density at radius 3 is 1.85 bits per heavy atom. The van der Waals surface area contributed by atoms with E-state index in [1.807, 2.05) is 66.7 Å². The zero-order chi connectivity index (χ0) is 35.5. The van der Waals surface area contributed by atoms with Crippen LogP contribution in [0.5, 0.6) is 0 Å². The maximum absolute atomic E-state index is 10.1. The lowest BCUT2D eigenvalue weighted by molar-refractivity contribution is 0.723. The van der Waals surface area contributed by atoms with Gasteiger partial charge in [-0.2, -0.15) is 5.26 Å². The van der Waals surface area contributed by atoms with Crippen LogP contribution in [0, 0.1) is 11.3 Å². The fourth-order valence-electron chi connectivity index (χ4n) is 8.13. The lowest BCUT2D eigenvalue weighted by atomic mass is 9.67. The molecule has 10 rings (SSSR count). The molecule has 1 spiro atoms. The van der Waals surface area contributed by atoms with Crippen LogP contribution in [0.3, 0.4) is 0 Å². The highest BCUT2D eigenvalue weighted by atomic mass is 32.2. The molecule has 5 nitrogen and oxygen atoms in total. The minimum atomic E-state index is -0.624. The molecule has 6 heteroatoms. The number of aliphatic imine (C=N–C) groups is 1. The van der Waals surface area contributed by atoms with Crippen LogP contribution in [-0.2, 0) is 5.41 Å². The van der Waals surface area contributed by atoms with Crippen LogP contribution in [0.4, 0.5) is 0 Å². The van der Waals surface area contributed by atoms with E-state index >= 15 is 0 Å². The molecular weight excluding hydrogens is 667 g/mol. The first-order valence-electron chi connectivity index (χ1n) is 17.5. The number of hydrogen-bond donors (Lipinski definition) is 0. The van der Waals surface area contributed by atoms with Crippen LogP contribution >= 0.6 is 11.8 Å². The zero-order valence-electron chi connectivity index (χ0n) is 28.7. The van der Waals surface area contributed by atoms with Gasteiger partial charge < -0.3 is 0 Å². The molecule has 248 valence electrons. The van der Waals surface area contributed by atoms with Crippen molar-refractivity contribution in [2.45, 2.75) is 15.2 Å². The summed E-state index contributed by atoms with van der Waals surface area (Å²) < 4.78 is 0. The fourth-order valence-corrected chi connectivity index (χ4v) is 9.30. The third kappa shape index (κ3) is 4.78. The average molecular weight is 696 g/mol. The first kappa shape index (κ1) is 31.1. The highest BCUT2D eigenvalue weighted by molar-refractivity contribution is 7.99. The number of hydrogen-bond acceptors (Lipinski definition) is 6. The van der Waals surface area contributed by atoms with Gasteiger partial charge in [-0.3, -0.25) is 4.99 Å². The number of rotatable bonds is 4. The van der Waals surface area contributed by atoms with Gasteiger partial charge in [0.25, 0.3) is 0 Å². The number of nitrogens with zero attached hydrogens (tertiary/aromatic N) is 5. The third-order valence-electron chi connectivity index (χ3n) is 10.4. The molecule has 0 fully saturated rings. The van der Waals surface area contributed by atoms with E-state index in [1.165, 1.54) is 43.2 Å². The Kier molecular flexibility index (Phi) is 7.17. The largest absolute Gasteiger partial charge is 0.296 e. The molecule has 1 aliphatic heterocycles. The van der Waals surface area contributed by atoms with Gasteiger partial charge in [0.05, 0.1) is 17.0 Å². The molecule has 0 amide bonds. The van der Waals surface area contributed by atoms with Crippen molar-refractivity contribution in [3.63, 3.8) is 0 Å². The summed E-state index contributed by atoms with van der Waals surface area (Å²) in [5.41, 5.74) is 10.8. The molecule has 0 saturated heterocycles. The second kappa shape index (κ2) is 12.2. The van der Waals surface area contributed by atoms with Crippen molar-refractivity contribution in [3.05, 3.63) is 185 Å². The summed E-state index contributed by atoms with van der Waals surface area (Å²) in [5, 5.41) is 12.2. The Labute approximate surface area is 311 Å². The van der Waals surface area contributed by atoms with Crippen molar-refractivity contribution in [1.29, 1.82) is 5.26 Å². The van der Waals surface area contributed by atoms with E-state index in [0.717, 1.165) is 33.0 Å². The fraction of sp³-hybridized carbons (Fsp3) is 0.0426. The molecule has 1 atom stereocenters. The second-order valence-electron chi connectivity index (χ2n) is 13.3. The summed E-state index contributed by atoms with van der Waals surface area (Å²) in [4.78, 5) is 21.8. The number of fused-ring (bicyclic) bond motifs is 10. The molecule has 8 aromatic rings. The Morgan fingerprint density at radius 2 is 1.15 bits per heavy atom. The highest BCUT2D eigenvalue weighted by Crippen LogP contribution is 2.63. The number of aromatic nitrogens is 3. The van der Waals surface area contributed by atoms with Crippen molar-refractivity contribution in [3.8, 4) is 51.4 Å². The molecule has 2 heterocycles. The van der Waals surface area contributed by atoms with Gasteiger partial charge in [-0.25, -0.2) is 15.0 Å². The Morgan fingerprint density at radius 1 is 0.547 bits per heavy atom. The predicted octanol–water partition coefficient (Wildman–Crippen LogP) is 10.8. The van der Waals surface area contributed by atoms with Gasteiger partial charge in [0, 0.05) is 45.3 Å². The van der Waals surface area contributed by atoms with Crippen molar-refractivity contribution >= 4 is 28.7 Å². The van der Waals surface area contributed by atoms with Crippen molar-refractivity contribution in [2.75, 3.05) is 7.05 Å². The lowest BCUT2D eigenvalue weighted by Crippen LogP contribution is -2.32.